The van der Waals surface area contributed by atoms with Crippen LogP contribution in [0.5, 0.6) is 0 Å². The fourth-order valence-corrected chi connectivity index (χ4v) is 5.79. The van der Waals surface area contributed by atoms with Gasteiger partial charge in [-0.1, -0.05) is 61.2 Å². The molecular formula is C22H22FN3O2S2. The molecule has 0 fully saturated rings. The highest BCUT2D eigenvalue weighted by Crippen LogP contribution is 2.49. The smallest absolute Gasteiger partial charge is 0.234 e. The second kappa shape index (κ2) is 8.07. The van der Waals surface area contributed by atoms with Crippen LogP contribution in [0, 0.1) is 11.2 Å². The van der Waals surface area contributed by atoms with Crippen LogP contribution in [0.1, 0.15) is 44.6 Å². The largest absolute Gasteiger partial charge is 0.294 e. The Morgan fingerprint density at radius 1 is 1.30 bits per heavy atom. The monoisotopic (exact) mass is 443 g/mol. The normalized spacial score (nSPS) is 21.0. The number of nitrogens with zero attached hydrogens (tertiary/aromatic N) is 3. The summed E-state index contributed by atoms with van der Waals surface area (Å²) in [6, 6.07) is 6.38. The standard InChI is InChI=1S/C22H22FN3O2S2/c1-4-9-29-21-25-24-20(30-21)26-16-11-22(2,3)12-17(27)19(16)14(10-18(26)28)13-7-5-6-8-15(13)23/h4-8,14H,1,9-12H2,2-3H3/t14-/m0/s1. The van der Waals surface area contributed by atoms with Crippen LogP contribution in [-0.2, 0) is 9.59 Å². The number of allylic oxidation sites excluding steroid dienone is 2. The van der Waals surface area contributed by atoms with Crippen molar-refractivity contribution in [2.45, 2.75) is 43.4 Å². The number of carbonyl (C=O) groups is 2. The van der Waals surface area contributed by atoms with Gasteiger partial charge in [0.25, 0.3) is 0 Å². The quantitative estimate of drug-likeness (QED) is 0.365. The summed E-state index contributed by atoms with van der Waals surface area (Å²) in [6.07, 6.45) is 2.72. The van der Waals surface area contributed by atoms with Crippen LogP contribution in [0.15, 0.2) is 52.5 Å². The van der Waals surface area contributed by atoms with E-state index in [1.54, 1.807) is 29.2 Å². The van der Waals surface area contributed by atoms with Gasteiger partial charge >= 0.3 is 0 Å². The topological polar surface area (TPSA) is 63.2 Å². The molecule has 0 radical (unpaired) electrons. The Kier molecular flexibility index (Phi) is 5.63. The number of amides is 1. The lowest BCUT2D eigenvalue weighted by molar-refractivity contribution is -0.121. The Labute approximate surface area is 183 Å². The molecule has 1 aromatic heterocycles. The maximum absolute atomic E-state index is 14.6. The average molecular weight is 444 g/mol. The first kappa shape index (κ1) is 20.9. The lowest BCUT2D eigenvalue weighted by Gasteiger charge is -2.41. The first-order chi connectivity index (χ1) is 14.3. The molecule has 1 atom stereocenters. The van der Waals surface area contributed by atoms with Crippen LogP contribution in [0.2, 0.25) is 0 Å². The second-order valence-electron chi connectivity index (χ2n) is 8.26. The molecule has 1 aliphatic carbocycles. The van der Waals surface area contributed by atoms with Crippen molar-refractivity contribution < 1.29 is 14.0 Å². The van der Waals surface area contributed by atoms with Crippen LogP contribution in [0.4, 0.5) is 9.52 Å². The van der Waals surface area contributed by atoms with Crippen molar-refractivity contribution in [3.05, 3.63) is 59.6 Å². The van der Waals surface area contributed by atoms with Gasteiger partial charge in [0.15, 0.2) is 10.1 Å². The zero-order valence-electron chi connectivity index (χ0n) is 16.9. The third kappa shape index (κ3) is 3.86. The van der Waals surface area contributed by atoms with Gasteiger partial charge in [0.1, 0.15) is 5.82 Å². The van der Waals surface area contributed by atoms with Crippen LogP contribution >= 0.6 is 23.1 Å². The Hall–Kier alpha value is -2.32. The van der Waals surface area contributed by atoms with E-state index >= 15 is 0 Å². The molecule has 30 heavy (non-hydrogen) atoms. The summed E-state index contributed by atoms with van der Waals surface area (Å²) in [5.74, 6) is -0.498. The Bertz CT molecular complexity index is 1060. The van der Waals surface area contributed by atoms with E-state index in [1.165, 1.54) is 29.2 Å². The first-order valence-electron chi connectivity index (χ1n) is 9.71. The zero-order valence-corrected chi connectivity index (χ0v) is 18.5. The third-order valence-electron chi connectivity index (χ3n) is 5.34. The van der Waals surface area contributed by atoms with Crippen LogP contribution < -0.4 is 4.90 Å². The number of benzene rings is 1. The van der Waals surface area contributed by atoms with E-state index in [9.17, 15) is 14.0 Å². The van der Waals surface area contributed by atoms with Crippen LogP contribution in [0.25, 0.3) is 0 Å². The summed E-state index contributed by atoms with van der Waals surface area (Å²) in [7, 11) is 0. The maximum Gasteiger partial charge on any atom is 0.234 e. The molecule has 2 heterocycles. The van der Waals surface area contributed by atoms with Gasteiger partial charge in [0.05, 0.1) is 0 Å². The summed E-state index contributed by atoms with van der Waals surface area (Å²) >= 11 is 2.81. The molecule has 0 unspecified atom stereocenters. The molecule has 2 aromatic rings. The van der Waals surface area contributed by atoms with Gasteiger partial charge in [-0.25, -0.2) is 4.39 Å². The lowest BCUT2D eigenvalue weighted by atomic mass is 9.69. The van der Waals surface area contributed by atoms with Gasteiger partial charge in [0, 0.05) is 35.8 Å². The minimum absolute atomic E-state index is 0.0284. The molecule has 1 aliphatic heterocycles. The number of aromatic nitrogens is 2. The van der Waals surface area contributed by atoms with E-state index < -0.39 is 11.7 Å². The predicted octanol–water partition coefficient (Wildman–Crippen LogP) is 5.12. The lowest BCUT2D eigenvalue weighted by Crippen LogP contribution is -2.43. The summed E-state index contributed by atoms with van der Waals surface area (Å²) in [5, 5.41) is 8.85. The fraction of sp³-hybridized carbons (Fsp3) is 0.364. The van der Waals surface area contributed by atoms with Gasteiger partial charge in [-0.15, -0.1) is 16.8 Å². The molecule has 0 N–H and O–H groups in total. The number of ketones is 1. The fourth-order valence-electron chi connectivity index (χ4n) is 4.14. The molecule has 4 rings (SSSR count). The molecule has 1 amide bonds. The molecular weight excluding hydrogens is 421 g/mol. The molecule has 0 spiro atoms. The van der Waals surface area contributed by atoms with E-state index in [4.69, 9.17) is 0 Å². The molecule has 5 nitrogen and oxygen atoms in total. The van der Waals surface area contributed by atoms with Crippen LogP contribution in [-0.4, -0.2) is 27.6 Å². The van der Waals surface area contributed by atoms with Crippen LogP contribution in [0.3, 0.4) is 0 Å². The van der Waals surface area contributed by atoms with Crippen molar-refractivity contribution in [2.75, 3.05) is 10.7 Å². The average Bonchev–Trinajstić information content (AvgIpc) is 3.13. The van der Waals surface area contributed by atoms with Crippen molar-refractivity contribution in [2.24, 2.45) is 5.41 Å². The van der Waals surface area contributed by atoms with Crippen molar-refractivity contribution in [1.29, 1.82) is 0 Å². The molecule has 0 saturated heterocycles. The van der Waals surface area contributed by atoms with Gasteiger partial charge in [-0.2, -0.15) is 0 Å². The molecule has 156 valence electrons. The van der Waals surface area contributed by atoms with Gasteiger partial charge in [0.2, 0.25) is 11.0 Å². The van der Waals surface area contributed by atoms with E-state index in [-0.39, 0.29) is 23.5 Å². The zero-order chi connectivity index (χ0) is 21.5. The number of rotatable bonds is 5. The Morgan fingerprint density at radius 2 is 2.07 bits per heavy atom. The van der Waals surface area contributed by atoms with Crippen molar-refractivity contribution >= 4 is 39.9 Å². The van der Waals surface area contributed by atoms with Crippen molar-refractivity contribution in [1.82, 2.24) is 10.2 Å². The number of thioether (sulfide) groups is 1. The molecule has 0 bridgehead atoms. The second-order valence-corrected chi connectivity index (χ2v) is 10.5. The first-order valence-corrected chi connectivity index (χ1v) is 11.5. The summed E-state index contributed by atoms with van der Waals surface area (Å²) in [6.45, 7) is 7.72. The number of carbonyl (C=O) groups excluding carboxylic acids is 2. The van der Waals surface area contributed by atoms with E-state index in [0.29, 0.717) is 40.6 Å². The minimum Gasteiger partial charge on any atom is -0.294 e. The highest BCUT2D eigenvalue weighted by atomic mass is 32.2. The number of hydrogen-bond donors (Lipinski definition) is 0. The Morgan fingerprint density at radius 3 is 2.80 bits per heavy atom. The van der Waals surface area contributed by atoms with Crippen molar-refractivity contribution in [3.8, 4) is 0 Å². The summed E-state index contributed by atoms with van der Waals surface area (Å²) in [5.41, 5.74) is 1.27. The predicted molar refractivity (Wildman–Crippen MR) is 117 cm³/mol. The van der Waals surface area contributed by atoms with Gasteiger partial charge < -0.3 is 0 Å². The maximum atomic E-state index is 14.6. The van der Waals surface area contributed by atoms with E-state index in [1.807, 2.05) is 13.8 Å². The Balaban J connectivity index is 1.83. The minimum atomic E-state index is -0.573. The van der Waals surface area contributed by atoms with E-state index in [2.05, 4.69) is 16.8 Å². The van der Waals surface area contributed by atoms with Gasteiger partial charge in [-0.3, -0.25) is 14.5 Å². The highest BCUT2D eigenvalue weighted by molar-refractivity contribution is 8.01. The van der Waals surface area contributed by atoms with Crippen molar-refractivity contribution in [3.63, 3.8) is 0 Å². The molecule has 2 aliphatic rings. The third-order valence-corrected chi connectivity index (χ3v) is 7.37. The number of hydrogen-bond acceptors (Lipinski definition) is 6. The molecule has 0 saturated carbocycles. The highest BCUT2D eigenvalue weighted by Gasteiger charge is 2.45. The van der Waals surface area contributed by atoms with E-state index in [0.717, 1.165) is 4.34 Å². The SMILES string of the molecule is C=CCSc1nnc(N2C(=O)C[C@@H](c3ccccc3F)C3=C2CC(C)(C)CC3=O)s1. The number of Topliss-reactive ketones (excluding diaryl/α,β-unsaturated/α-hetero) is 1. The number of anilines is 1. The molecule has 8 heteroatoms. The summed E-state index contributed by atoms with van der Waals surface area (Å²) < 4.78 is 15.3. The summed E-state index contributed by atoms with van der Waals surface area (Å²) in [4.78, 5) is 28.0. The number of halogens is 1. The molecule has 1 aromatic carbocycles. The van der Waals surface area contributed by atoms with Gasteiger partial charge in [-0.05, 0) is 23.5 Å².